The molecule has 0 unspecified atom stereocenters. The van der Waals surface area contributed by atoms with E-state index in [1.54, 1.807) is 0 Å². The van der Waals surface area contributed by atoms with Crippen molar-refractivity contribution in [2.75, 3.05) is 23.3 Å². The molecule has 0 aromatic heterocycles. The van der Waals surface area contributed by atoms with Crippen LogP contribution in [-0.2, 0) is 12.8 Å². The second kappa shape index (κ2) is 12.1. The standard InChI is InChI=1S/C28H36N2/c1-3-5-22-30(23-6-4-2)28-20-16-25(17-21-28)13-12-24-14-18-27(19-15-24)29-26-10-8-7-9-11-26/h7-11,14-21,29H,3-6,12-13,22-23H2,1-2H3. The van der Waals surface area contributed by atoms with E-state index in [1.165, 1.54) is 55.6 Å². The summed E-state index contributed by atoms with van der Waals surface area (Å²) in [5.74, 6) is 0. The van der Waals surface area contributed by atoms with Gasteiger partial charge in [0.1, 0.15) is 0 Å². The van der Waals surface area contributed by atoms with Gasteiger partial charge in [-0.2, -0.15) is 0 Å². The van der Waals surface area contributed by atoms with Crippen molar-refractivity contribution in [3.63, 3.8) is 0 Å². The normalized spacial score (nSPS) is 10.7. The summed E-state index contributed by atoms with van der Waals surface area (Å²) in [4.78, 5) is 2.55. The minimum absolute atomic E-state index is 1.07. The molecule has 3 aromatic carbocycles. The van der Waals surface area contributed by atoms with Crippen LogP contribution in [0.1, 0.15) is 50.7 Å². The SMILES string of the molecule is CCCCN(CCCC)c1ccc(CCc2ccc(Nc3ccccc3)cc2)cc1. The van der Waals surface area contributed by atoms with Crippen LogP contribution in [0.15, 0.2) is 78.9 Å². The molecule has 0 aliphatic heterocycles. The highest BCUT2D eigenvalue weighted by atomic mass is 15.1. The molecule has 0 saturated heterocycles. The maximum atomic E-state index is 3.45. The molecule has 3 rings (SSSR count). The van der Waals surface area contributed by atoms with Crippen LogP contribution in [0.25, 0.3) is 0 Å². The van der Waals surface area contributed by atoms with Gasteiger partial charge < -0.3 is 10.2 Å². The molecule has 30 heavy (non-hydrogen) atoms. The summed E-state index contributed by atoms with van der Waals surface area (Å²) in [6, 6.07) is 28.4. The zero-order valence-corrected chi connectivity index (χ0v) is 18.6. The van der Waals surface area contributed by atoms with Gasteiger partial charge in [0.15, 0.2) is 0 Å². The van der Waals surface area contributed by atoms with Crippen LogP contribution < -0.4 is 10.2 Å². The van der Waals surface area contributed by atoms with Crippen molar-refractivity contribution in [2.24, 2.45) is 0 Å². The lowest BCUT2D eigenvalue weighted by Crippen LogP contribution is -2.25. The number of anilines is 3. The molecule has 0 aliphatic carbocycles. The summed E-state index contributed by atoms with van der Waals surface area (Å²) in [7, 11) is 0. The number of nitrogens with zero attached hydrogens (tertiary/aromatic N) is 1. The fourth-order valence-electron chi connectivity index (χ4n) is 3.67. The Labute approximate surface area is 183 Å². The summed E-state index contributed by atoms with van der Waals surface area (Å²) in [5, 5.41) is 3.45. The van der Waals surface area contributed by atoms with E-state index in [-0.39, 0.29) is 0 Å². The molecule has 0 bridgehead atoms. The van der Waals surface area contributed by atoms with Crippen LogP contribution in [-0.4, -0.2) is 13.1 Å². The Balaban J connectivity index is 1.52. The van der Waals surface area contributed by atoms with Gasteiger partial charge in [-0.3, -0.25) is 0 Å². The third-order valence-corrected chi connectivity index (χ3v) is 5.58. The van der Waals surface area contributed by atoms with Crippen molar-refractivity contribution in [2.45, 2.75) is 52.4 Å². The van der Waals surface area contributed by atoms with Crippen LogP contribution in [0.2, 0.25) is 0 Å². The molecule has 1 N–H and O–H groups in total. The molecular formula is C28H36N2. The number of hydrogen-bond donors (Lipinski definition) is 1. The van der Waals surface area contributed by atoms with E-state index in [2.05, 4.69) is 96.9 Å². The van der Waals surface area contributed by atoms with Crippen LogP contribution in [0.5, 0.6) is 0 Å². The smallest absolute Gasteiger partial charge is 0.0384 e. The topological polar surface area (TPSA) is 15.3 Å². The van der Waals surface area contributed by atoms with Crippen LogP contribution in [0, 0.1) is 0 Å². The van der Waals surface area contributed by atoms with Gasteiger partial charge in [-0.1, -0.05) is 69.2 Å². The molecule has 0 atom stereocenters. The first-order valence-electron chi connectivity index (χ1n) is 11.5. The van der Waals surface area contributed by atoms with E-state index in [0.717, 1.165) is 24.2 Å². The Morgan fingerprint density at radius 3 is 1.63 bits per heavy atom. The number of aryl methyl sites for hydroxylation is 2. The second-order valence-electron chi connectivity index (χ2n) is 8.05. The Morgan fingerprint density at radius 2 is 1.10 bits per heavy atom. The van der Waals surface area contributed by atoms with Gasteiger partial charge in [-0.25, -0.2) is 0 Å². The van der Waals surface area contributed by atoms with Crippen molar-refractivity contribution in [3.8, 4) is 0 Å². The molecule has 158 valence electrons. The van der Waals surface area contributed by atoms with Crippen molar-refractivity contribution in [1.82, 2.24) is 0 Å². The summed E-state index contributed by atoms with van der Waals surface area (Å²) >= 11 is 0. The zero-order chi connectivity index (χ0) is 21.0. The molecule has 0 fully saturated rings. The predicted octanol–water partition coefficient (Wildman–Crippen LogP) is 7.62. The Bertz CT molecular complexity index is 830. The molecule has 3 aromatic rings. The van der Waals surface area contributed by atoms with Gasteiger partial charge in [-0.05, 0) is 73.2 Å². The third kappa shape index (κ3) is 6.95. The molecule has 2 nitrogen and oxygen atoms in total. The van der Waals surface area contributed by atoms with Crippen LogP contribution in [0.3, 0.4) is 0 Å². The quantitative estimate of drug-likeness (QED) is 0.336. The minimum Gasteiger partial charge on any atom is -0.372 e. The Morgan fingerprint density at radius 1 is 0.600 bits per heavy atom. The van der Waals surface area contributed by atoms with E-state index in [4.69, 9.17) is 0 Å². The van der Waals surface area contributed by atoms with Gasteiger partial charge in [0.2, 0.25) is 0 Å². The molecule has 0 spiro atoms. The summed E-state index contributed by atoms with van der Waals surface area (Å²) in [5.41, 5.74) is 6.42. The minimum atomic E-state index is 1.07. The molecule has 0 radical (unpaired) electrons. The zero-order valence-electron chi connectivity index (χ0n) is 18.6. The summed E-state index contributed by atoms with van der Waals surface area (Å²) in [6.07, 6.45) is 7.18. The third-order valence-electron chi connectivity index (χ3n) is 5.58. The summed E-state index contributed by atoms with van der Waals surface area (Å²) < 4.78 is 0. The number of hydrogen-bond acceptors (Lipinski definition) is 2. The maximum Gasteiger partial charge on any atom is 0.0384 e. The number of unbranched alkanes of at least 4 members (excludes halogenated alkanes) is 2. The molecule has 0 amide bonds. The fourth-order valence-corrected chi connectivity index (χ4v) is 3.67. The van der Waals surface area contributed by atoms with Gasteiger partial charge in [0.25, 0.3) is 0 Å². The van der Waals surface area contributed by atoms with E-state index >= 15 is 0 Å². The highest BCUT2D eigenvalue weighted by molar-refractivity contribution is 5.59. The first-order valence-corrected chi connectivity index (χ1v) is 11.5. The first kappa shape index (κ1) is 22.0. The van der Waals surface area contributed by atoms with E-state index in [1.807, 2.05) is 6.07 Å². The van der Waals surface area contributed by atoms with Crippen molar-refractivity contribution >= 4 is 17.1 Å². The van der Waals surface area contributed by atoms with Crippen LogP contribution in [0.4, 0.5) is 17.1 Å². The molecule has 0 aliphatic rings. The largest absolute Gasteiger partial charge is 0.372 e. The Hall–Kier alpha value is -2.74. The molecule has 0 saturated carbocycles. The van der Waals surface area contributed by atoms with E-state index in [0.29, 0.717) is 0 Å². The van der Waals surface area contributed by atoms with Crippen molar-refractivity contribution in [3.05, 3.63) is 90.0 Å². The fraction of sp³-hybridized carbons (Fsp3) is 0.357. The lowest BCUT2D eigenvalue weighted by Gasteiger charge is -2.25. The number of benzene rings is 3. The van der Waals surface area contributed by atoms with E-state index in [9.17, 15) is 0 Å². The monoisotopic (exact) mass is 400 g/mol. The number of para-hydroxylation sites is 1. The van der Waals surface area contributed by atoms with Gasteiger partial charge in [0, 0.05) is 30.2 Å². The van der Waals surface area contributed by atoms with Crippen molar-refractivity contribution < 1.29 is 0 Å². The number of rotatable bonds is 12. The average molecular weight is 401 g/mol. The molecule has 2 heteroatoms. The van der Waals surface area contributed by atoms with Gasteiger partial charge in [-0.15, -0.1) is 0 Å². The summed E-state index contributed by atoms with van der Waals surface area (Å²) in [6.45, 7) is 6.87. The Kier molecular flexibility index (Phi) is 8.83. The first-order chi connectivity index (χ1) is 14.8. The predicted molar refractivity (Wildman–Crippen MR) is 132 cm³/mol. The van der Waals surface area contributed by atoms with E-state index < -0.39 is 0 Å². The lowest BCUT2D eigenvalue weighted by atomic mass is 10.0. The molecular weight excluding hydrogens is 364 g/mol. The molecule has 0 heterocycles. The highest BCUT2D eigenvalue weighted by Crippen LogP contribution is 2.20. The van der Waals surface area contributed by atoms with Gasteiger partial charge >= 0.3 is 0 Å². The van der Waals surface area contributed by atoms with Gasteiger partial charge in [0.05, 0.1) is 0 Å². The lowest BCUT2D eigenvalue weighted by molar-refractivity contribution is 0.678. The van der Waals surface area contributed by atoms with Crippen LogP contribution >= 0.6 is 0 Å². The second-order valence-corrected chi connectivity index (χ2v) is 8.05. The number of nitrogens with one attached hydrogen (secondary N) is 1. The maximum absolute atomic E-state index is 3.45. The van der Waals surface area contributed by atoms with Crippen molar-refractivity contribution in [1.29, 1.82) is 0 Å². The highest BCUT2D eigenvalue weighted by Gasteiger charge is 2.06. The average Bonchev–Trinajstić information content (AvgIpc) is 2.80.